The van der Waals surface area contributed by atoms with Gasteiger partial charge < -0.3 is 4.74 Å². The van der Waals surface area contributed by atoms with E-state index in [1.807, 2.05) is 0 Å². The van der Waals surface area contributed by atoms with Crippen LogP contribution >= 0.6 is 0 Å². The summed E-state index contributed by atoms with van der Waals surface area (Å²) < 4.78 is 5.58. The molecule has 0 radical (unpaired) electrons. The Bertz CT molecular complexity index is 201. The lowest BCUT2D eigenvalue weighted by molar-refractivity contribution is -0.159. The minimum Gasteiger partial charge on any atom is -0.459 e. The third-order valence-corrected chi connectivity index (χ3v) is 3.50. The van der Waals surface area contributed by atoms with Crippen molar-refractivity contribution >= 4 is 5.97 Å². The van der Waals surface area contributed by atoms with E-state index >= 15 is 0 Å². The third kappa shape index (κ3) is 5.53. The van der Waals surface area contributed by atoms with Crippen molar-refractivity contribution in [1.29, 1.82) is 0 Å². The van der Waals surface area contributed by atoms with Gasteiger partial charge in [-0.3, -0.25) is 4.79 Å². The molecule has 0 N–H and O–H groups in total. The summed E-state index contributed by atoms with van der Waals surface area (Å²) >= 11 is 0. The summed E-state index contributed by atoms with van der Waals surface area (Å²) in [6.45, 7) is 10.3. The lowest BCUT2D eigenvalue weighted by Gasteiger charge is -2.33. The van der Waals surface area contributed by atoms with Gasteiger partial charge in [0, 0.05) is 6.92 Å². The van der Waals surface area contributed by atoms with Gasteiger partial charge in [0.25, 0.3) is 0 Å². The lowest BCUT2D eigenvalue weighted by atomic mass is 9.86. The molecule has 0 aromatic heterocycles. The summed E-state index contributed by atoms with van der Waals surface area (Å²) in [5.41, 5.74) is -0.204. The molecule has 0 saturated heterocycles. The van der Waals surface area contributed by atoms with Crippen molar-refractivity contribution in [2.24, 2.45) is 5.92 Å². The summed E-state index contributed by atoms with van der Waals surface area (Å²) in [6, 6.07) is 0. The number of carbonyl (C=O) groups excluding carboxylic acids is 1. The van der Waals surface area contributed by atoms with Crippen LogP contribution in [0.1, 0.15) is 73.1 Å². The van der Waals surface area contributed by atoms with Gasteiger partial charge in [-0.2, -0.15) is 0 Å². The number of hydrogen-bond donors (Lipinski definition) is 0. The monoisotopic (exact) mass is 228 g/mol. The van der Waals surface area contributed by atoms with Crippen LogP contribution in [-0.2, 0) is 9.53 Å². The van der Waals surface area contributed by atoms with Crippen LogP contribution in [0.15, 0.2) is 0 Å². The first-order valence-corrected chi connectivity index (χ1v) is 6.69. The van der Waals surface area contributed by atoms with Gasteiger partial charge in [0.2, 0.25) is 0 Å². The van der Waals surface area contributed by atoms with Crippen LogP contribution in [-0.4, -0.2) is 11.6 Å². The Labute approximate surface area is 101 Å². The maximum atomic E-state index is 11.2. The molecule has 0 aliphatic heterocycles. The zero-order chi connectivity index (χ0) is 12.6. The first kappa shape index (κ1) is 15.5. The predicted molar refractivity (Wildman–Crippen MR) is 68.4 cm³/mol. The highest BCUT2D eigenvalue weighted by atomic mass is 16.6. The van der Waals surface area contributed by atoms with Crippen LogP contribution < -0.4 is 0 Å². The largest absolute Gasteiger partial charge is 0.459 e. The molecule has 0 amide bonds. The Morgan fingerprint density at radius 1 is 1.25 bits per heavy atom. The Kier molecular flexibility index (Phi) is 7.44. The summed E-state index contributed by atoms with van der Waals surface area (Å²) in [5, 5.41) is 0. The standard InChI is InChI=1S/C14H28O2/c1-6-10-14(8-3,16-13(5)15)11-9-12(4)7-2/h12H,6-11H2,1-5H3. The number of ether oxygens (including phenoxy) is 1. The van der Waals surface area contributed by atoms with Crippen molar-refractivity contribution in [1.82, 2.24) is 0 Å². The Morgan fingerprint density at radius 2 is 1.88 bits per heavy atom. The van der Waals surface area contributed by atoms with Gasteiger partial charge in [0.15, 0.2) is 0 Å². The fourth-order valence-corrected chi connectivity index (χ4v) is 2.13. The van der Waals surface area contributed by atoms with Gasteiger partial charge in [0.05, 0.1) is 0 Å². The van der Waals surface area contributed by atoms with Gasteiger partial charge >= 0.3 is 5.97 Å². The molecule has 96 valence electrons. The summed E-state index contributed by atoms with van der Waals surface area (Å²) in [6.07, 6.45) is 6.34. The molecular formula is C14H28O2. The average Bonchev–Trinajstić information content (AvgIpc) is 2.25. The second kappa shape index (κ2) is 7.70. The molecule has 2 heteroatoms. The van der Waals surface area contributed by atoms with E-state index in [1.165, 1.54) is 13.3 Å². The van der Waals surface area contributed by atoms with Crippen LogP contribution in [0.4, 0.5) is 0 Å². The van der Waals surface area contributed by atoms with E-state index < -0.39 is 0 Å². The van der Waals surface area contributed by atoms with Gasteiger partial charge in [-0.05, 0) is 31.6 Å². The Morgan fingerprint density at radius 3 is 2.25 bits per heavy atom. The Balaban J connectivity index is 4.43. The van der Waals surface area contributed by atoms with Crippen molar-refractivity contribution < 1.29 is 9.53 Å². The second-order valence-corrected chi connectivity index (χ2v) is 4.93. The van der Waals surface area contributed by atoms with Crippen LogP contribution in [0.2, 0.25) is 0 Å². The first-order valence-electron chi connectivity index (χ1n) is 6.69. The molecule has 0 fully saturated rings. The topological polar surface area (TPSA) is 26.3 Å². The molecule has 2 nitrogen and oxygen atoms in total. The van der Waals surface area contributed by atoms with Crippen molar-refractivity contribution in [2.45, 2.75) is 78.7 Å². The SMILES string of the molecule is CCCC(CC)(CCC(C)CC)OC(C)=O. The fourth-order valence-electron chi connectivity index (χ4n) is 2.13. The maximum absolute atomic E-state index is 11.2. The molecule has 0 saturated carbocycles. The summed E-state index contributed by atoms with van der Waals surface area (Å²) in [5.74, 6) is 0.581. The van der Waals surface area contributed by atoms with Gasteiger partial charge in [-0.1, -0.05) is 40.5 Å². The zero-order valence-electron chi connectivity index (χ0n) is 11.6. The molecule has 16 heavy (non-hydrogen) atoms. The summed E-state index contributed by atoms with van der Waals surface area (Å²) in [4.78, 5) is 11.2. The molecule has 0 aliphatic carbocycles. The molecule has 0 spiro atoms. The summed E-state index contributed by atoms with van der Waals surface area (Å²) in [7, 11) is 0. The Hall–Kier alpha value is -0.530. The maximum Gasteiger partial charge on any atom is 0.303 e. The molecule has 0 heterocycles. The van der Waals surface area contributed by atoms with E-state index in [9.17, 15) is 4.79 Å². The zero-order valence-corrected chi connectivity index (χ0v) is 11.6. The highest BCUT2D eigenvalue weighted by Crippen LogP contribution is 2.30. The van der Waals surface area contributed by atoms with Crippen molar-refractivity contribution in [3.05, 3.63) is 0 Å². The predicted octanol–water partition coefficient (Wildman–Crippen LogP) is 4.32. The van der Waals surface area contributed by atoms with E-state index in [-0.39, 0.29) is 11.6 Å². The molecule has 2 unspecified atom stereocenters. The minimum absolute atomic E-state index is 0.139. The fraction of sp³-hybridized carbons (Fsp3) is 0.929. The highest BCUT2D eigenvalue weighted by Gasteiger charge is 2.30. The van der Waals surface area contributed by atoms with Crippen molar-refractivity contribution in [2.75, 3.05) is 0 Å². The van der Waals surface area contributed by atoms with Crippen LogP contribution in [0, 0.1) is 5.92 Å². The van der Waals surface area contributed by atoms with Crippen LogP contribution in [0.25, 0.3) is 0 Å². The highest BCUT2D eigenvalue weighted by molar-refractivity contribution is 5.66. The van der Waals surface area contributed by atoms with Crippen molar-refractivity contribution in [3.8, 4) is 0 Å². The number of carbonyl (C=O) groups is 1. The van der Waals surface area contributed by atoms with E-state index in [4.69, 9.17) is 4.74 Å². The van der Waals surface area contributed by atoms with Crippen LogP contribution in [0.5, 0.6) is 0 Å². The first-order chi connectivity index (χ1) is 7.49. The van der Waals surface area contributed by atoms with Gasteiger partial charge in [-0.15, -0.1) is 0 Å². The molecule has 0 aromatic carbocycles. The van der Waals surface area contributed by atoms with Crippen molar-refractivity contribution in [3.63, 3.8) is 0 Å². The number of esters is 1. The molecule has 2 atom stereocenters. The quantitative estimate of drug-likeness (QED) is 0.578. The minimum atomic E-state index is -0.204. The third-order valence-electron chi connectivity index (χ3n) is 3.50. The normalized spacial score (nSPS) is 16.6. The van der Waals surface area contributed by atoms with Gasteiger partial charge in [-0.25, -0.2) is 0 Å². The van der Waals surface area contributed by atoms with E-state index in [1.54, 1.807) is 0 Å². The number of hydrogen-bond acceptors (Lipinski definition) is 2. The molecule has 0 aromatic rings. The average molecular weight is 228 g/mol. The smallest absolute Gasteiger partial charge is 0.303 e. The number of rotatable bonds is 8. The van der Waals surface area contributed by atoms with E-state index in [0.29, 0.717) is 0 Å². The molecule has 0 aliphatic rings. The van der Waals surface area contributed by atoms with Crippen LogP contribution in [0.3, 0.4) is 0 Å². The second-order valence-electron chi connectivity index (χ2n) is 4.93. The lowest BCUT2D eigenvalue weighted by Crippen LogP contribution is -2.34. The van der Waals surface area contributed by atoms with Gasteiger partial charge in [0.1, 0.15) is 5.60 Å². The van der Waals surface area contributed by atoms with E-state index in [0.717, 1.165) is 38.0 Å². The molecule has 0 rings (SSSR count). The van der Waals surface area contributed by atoms with E-state index in [2.05, 4.69) is 27.7 Å². The molecular weight excluding hydrogens is 200 g/mol. The molecule has 0 bridgehead atoms.